The van der Waals surface area contributed by atoms with Crippen LogP contribution in [0.5, 0.6) is 0 Å². The third-order valence-corrected chi connectivity index (χ3v) is 11.0. The molecule has 5 nitrogen and oxygen atoms in total. The van der Waals surface area contributed by atoms with Gasteiger partial charge in [0.25, 0.3) is 0 Å². The fraction of sp³-hybridized carbons (Fsp3) is 0.0351. The maximum absolute atomic E-state index is 7.94. The SMILES string of the molecule is Cc1cccc(N(c2ccccc2)c2ccc(N(c3ccc(N(c4ccccc4)c4cccc(C)c4)cc3)c3ccc(N(c4ccccc4)c4cccc(C=N)c4)cc3)cc2)c1. The second kappa shape index (κ2) is 18.0. The molecule has 300 valence electrons. The Hall–Kier alpha value is -8.15. The fourth-order valence-corrected chi connectivity index (χ4v) is 8.06. The predicted molar refractivity (Wildman–Crippen MR) is 263 cm³/mol. The van der Waals surface area contributed by atoms with Gasteiger partial charge in [0.05, 0.1) is 0 Å². The second-order valence-electron chi connectivity index (χ2n) is 15.3. The van der Waals surface area contributed by atoms with Crippen molar-refractivity contribution in [3.63, 3.8) is 0 Å². The lowest BCUT2D eigenvalue weighted by Gasteiger charge is -2.30. The Kier molecular flexibility index (Phi) is 11.4. The Morgan fingerprint density at radius 1 is 0.258 bits per heavy atom. The Morgan fingerprint density at radius 2 is 0.500 bits per heavy atom. The first-order valence-electron chi connectivity index (χ1n) is 20.9. The molecule has 0 bridgehead atoms. The number of para-hydroxylation sites is 3. The first-order chi connectivity index (χ1) is 30.5. The van der Waals surface area contributed by atoms with Crippen molar-refractivity contribution in [3.05, 3.63) is 253 Å². The smallest absolute Gasteiger partial charge is 0.0468 e. The highest BCUT2D eigenvalue weighted by molar-refractivity contribution is 5.86. The number of hydrogen-bond acceptors (Lipinski definition) is 5. The van der Waals surface area contributed by atoms with Crippen LogP contribution >= 0.6 is 0 Å². The van der Waals surface area contributed by atoms with E-state index in [1.54, 1.807) is 0 Å². The average Bonchev–Trinajstić information content (AvgIpc) is 3.32. The molecule has 0 aliphatic carbocycles. The molecular formula is C57H47N5. The van der Waals surface area contributed by atoms with Gasteiger partial charge >= 0.3 is 0 Å². The highest BCUT2D eigenvalue weighted by atomic mass is 15.2. The molecule has 62 heavy (non-hydrogen) atoms. The average molecular weight is 802 g/mol. The number of benzene rings is 9. The molecule has 9 aromatic rings. The van der Waals surface area contributed by atoms with Crippen LogP contribution in [-0.2, 0) is 0 Å². The zero-order valence-corrected chi connectivity index (χ0v) is 34.9. The van der Waals surface area contributed by atoms with E-state index in [4.69, 9.17) is 5.41 Å². The van der Waals surface area contributed by atoms with E-state index in [2.05, 4.69) is 246 Å². The molecule has 0 aliphatic heterocycles. The molecule has 0 aromatic heterocycles. The second-order valence-corrected chi connectivity index (χ2v) is 15.3. The number of anilines is 12. The molecule has 5 heteroatoms. The summed E-state index contributed by atoms with van der Waals surface area (Å²) in [5.41, 5.74) is 15.9. The van der Waals surface area contributed by atoms with E-state index < -0.39 is 0 Å². The largest absolute Gasteiger partial charge is 0.310 e. The molecule has 0 saturated carbocycles. The summed E-state index contributed by atoms with van der Waals surface area (Å²) in [4.78, 5) is 9.16. The standard InChI is InChI=1S/C57H47N5/c1-43-15-12-24-55(39-43)60(46-18-6-3-7-19-46)52-33-27-49(28-34-52)59(50-29-35-53(36-30-50)61(47-20-8-4-9-21-47)56-25-13-16-44(2)40-56)51-31-37-54(38-32-51)62(48-22-10-5-11-23-48)57-26-14-17-45(41-57)42-58/h3-42,58H,1-2H3. The van der Waals surface area contributed by atoms with Gasteiger partial charge in [0.2, 0.25) is 0 Å². The molecule has 0 amide bonds. The van der Waals surface area contributed by atoms with E-state index in [9.17, 15) is 0 Å². The van der Waals surface area contributed by atoms with Crippen LogP contribution in [0.15, 0.2) is 237 Å². The van der Waals surface area contributed by atoms with E-state index in [0.717, 1.165) is 73.8 Å². The van der Waals surface area contributed by atoms with Crippen LogP contribution in [0.1, 0.15) is 16.7 Å². The molecule has 0 fully saturated rings. The van der Waals surface area contributed by atoms with Gasteiger partial charge in [-0.1, -0.05) is 91.0 Å². The van der Waals surface area contributed by atoms with Crippen molar-refractivity contribution in [2.75, 3.05) is 19.6 Å². The fourth-order valence-electron chi connectivity index (χ4n) is 8.06. The summed E-state index contributed by atoms with van der Waals surface area (Å²) in [5, 5.41) is 7.94. The van der Waals surface area contributed by atoms with Crippen LogP contribution < -0.4 is 19.6 Å². The van der Waals surface area contributed by atoms with Crippen LogP contribution in [-0.4, -0.2) is 6.21 Å². The summed E-state index contributed by atoms with van der Waals surface area (Å²) in [6.07, 6.45) is 1.39. The van der Waals surface area contributed by atoms with Crippen molar-refractivity contribution < 1.29 is 0 Å². The van der Waals surface area contributed by atoms with Gasteiger partial charge in [-0.25, -0.2) is 0 Å². The molecule has 0 heterocycles. The summed E-state index contributed by atoms with van der Waals surface area (Å²) in [6, 6.07) is 83.3. The normalized spacial score (nSPS) is 10.8. The molecule has 1 N–H and O–H groups in total. The summed E-state index contributed by atoms with van der Waals surface area (Å²) in [6.45, 7) is 4.27. The minimum atomic E-state index is 0.847. The van der Waals surface area contributed by atoms with Crippen molar-refractivity contribution >= 4 is 74.5 Å². The maximum Gasteiger partial charge on any atom is 0.0468 e. The zero-order valence-electron chi connectivity index (χ0n) is 34.9. The van der Waals surface area contributed by atoms with E-state index in [1.807, 2.05) is 24.3 Å². The summed E-state index contributed by atoms with van der Waals surface area (Å²) < 4.78 is 0. The molecule has 0 atom stereocenters. The molecule has 0 spiro atoms. The third kappa shape index (κ3) is 8.46. The topological polar surface area (TPSA) is 36.8 Å². The molecule has 0 radical (unpaired) electrons. The molecule has 0 saturated heterocycles. The Balaban J connectivity index is 1.14. The maximum atomic E-state index is 7.94. The van der Waals surface area contributed by atoms with Gasteiger partial charge in [0.15, 0.2) is 0 Å². The third-order valence-electron chi connectivity index (χ3n) is 11.0. The van der Waals surface area contributed by atoms with Crippen LogP contribution in [0, 0.1) is 19.3 Å². The van der Waals surface area contributed by atoms with E-state index >= 15 is 0 Å². The molecule has 0 unspecified atom stereocenters. The Morgan fingerprint density at radius 3 is 0.790 bits per heavy atom. The highest BCUT2D eigenvalue weighted by Gasteiger charge is 2.19. The van der Waals surface area contributed by atoms with E-state index in [-0.39, 0.29) is 0 Å². The lowest BCUT2D eigenvalue weighted by molar-refractivity contribution is 1.23. The first-order valence-corrected chi connectivity index (χ1v) is 20.9. The molecule has 9 aromatic carbocycles. The number of nitrogens with one attached hydrogen (secondary N) is 1. The van der Waals surface area contributed by atoms with Gasteiger partial charge in [0.1, 0.15) is 0 Å². The van der Waals surface area contributed by atoms with Crippen LogP contribution in [0.3, 0.4) is 0 Å². The van der Waals surface area contributed by atoms with Gasteiger partial charge in [-0.15, -0.1) is 0 Å². The van der Waals surface area contributed by atoms with Gasteiger partial charge < -0.3 is 25.0 Å². The number of aryl methyl sites for hydroxylation is 2. The molecular weight excluding hydrogens is 755 g/mol. The lowest BCUT2D eigenvalue weighted by atomic mass is 10.1. The van der Waals surface area contributed by atoms with Crippen LogP contribution in [0.25, 0.3) is 0 Å². The van der Waals surface area contributed by atoms with Gasteiger partial charge in [0, 0.05) is 74.5 Å². The van der Waals surface area contributed by atoms with Crippen molar-refractivity contribution in [2.24, 2.45) is 0 Å². The minimum absolute atomic E-state index is 0.847. The number of nitrogens with zero attached hydrogens (tertiary/aromatic N) is 4. The van der Waals surface area contributed by atoms with Crippen molar-refractivity contribution in [1.29, 1.82) is 5.41 Å². The van der Waals surface area contributed by atoms with Gasteiger partial charge in [-0.3, -0.25) is 0 Å². The minimum Gasteiger partial charge on any atom is -0.310 e. The summed E-state index contributed by atoms with van der Waals surface area (Å²) in [7, 11) is 0. The Bertz CT molecular complexity index is 2750. The number of hydrogen-bond donors (Lipinski definition) is 1. The van der Waals surface area contributed by atoms with Crippen LogP contribution in [0.4, 0.5) is 68.2 Å². The monoisotopic (exact) mass is 801 g/mol. The quantitative estimate of drug-likeness (QED) is 0.118. The number of rotatable bonds is 13. The molecule has 0 aliphatic rings. The molecule has 9 rings (SSSR count). The Labute approximate surface area is 365 Å². The first kappa shape index (κ1) is 39.3. The predicted octanol–water partition coefficient (Wildman–Crippen LogP) is 16.2. The van der Waals surface area contributed by atoms with Gasteiger partial charge in [-0.05, 0) is 176 Å². The van der Waals surface area contributed by atoms with Crippen molar-refractivity contribution in [3.8, 4) is 0 Å². The van der Waals surface area contributed by atoms with Crippen LogP contribution in [0.2, 0.25) is 0 Å². The van der Waals surface area contributed by atoms with Crippen molar-refractivity contribution in [2.45, 2.75) is 13.8 Å². The summed E-state index contributed by atoms with van der Waals surface area (Å²) in [5.74, 6) is 0. The van der Waals surface area contributed by atoms with E-state index in [1.165, 1.54) is 17.3 Å². The van der Waals surface area contributed by atoms with Crippen molar-refractivity contribution in [1.82, 2.24) is 0 Å². The van der Waals surface area contributed by atoms with Gasteiger partial charge in [-0.2, -0.15) is 0 Å². The summed E-state index contributed by atoms with van der Waals surface area (Å²) >= 11 is 0. The zero-order chi connectivity index (χ0) is 42.3. The lowest BCUT2D eigenvalue weighted by Crippen LogP contribution is -2.14. The highest BCUT2D eigenvalue weighted by Crippen LogP contribution is 2.43. The van der Waals surface area contributed by atoms with E-state index in [0.29, 0.717) is 0 Å².